The number of benzene rings is 1. The Morgan fingerprint density at radius 3 is 2.75 bits per heavy atom. The molecule has 2 nitrogen and oxygen atoms in total. The molecule has 3 heteroatoms. The molecule has 1 aliphatic heterocycles. The highest BCUT2D eigenvalue weighted by Gasteiger charge is 2.16. The topological polar surface area (TPSA) is 21.3 Å². The van der Waals surface area contributed by atoms with E-state index in [0.717, 1.165) is 12.4 Å². The molecule has 0 aliphatic carbocycles. The van der Waals surface area contributed by atoms with E-state index in [-0.39, 0.29) is 0 Å². The van der Waals surface area contributed by atoms with Gasteiger partial charge in [0, 0.05) is 17.5 Å². The van der Waals surface area contributed by atoms with E-state index < -0.39 is 0 Å². The second-order valence-electron chi connectivity index (χ2n) is 5.41. The predicted octanol–water partition coefficient (Wildman–Crippen LogP) is 4.41. The summed E-state index contributed by atoms with van der Waals surface area (Å²) in [5.74, 6) is 1.14. The maximum atomic E-state index is 5.69. The van der Waals surface area contributed by atoms with Gasteiger partial charge >= 0.3 is 0 Å². The van der Waals surface area contributed by atoms with Crippen LogP contribution < -0.4 is 5.32 Å². The molecule has 0 spiro atoms. The molecule has 1 saturated heterocycles. The summed E-state index contributed by atoms with van der Waals surface area (Å²) < 4.78 is 5.69. The molecule has 0 bridgehead atoms. The standard InChI is InChI=1S/C17H27NOS/c1-3-20-16-11-9-14(10-12-16)17(18-2)8-4-6-15-7-5-13-19-15/h9-12,15,17-18H,3-8,13H2,1-2H3. The summed E-state index contributed by atoms with van der Waals surface area (Å²) >= 11 is 1.90. The fraction of sp³-hybridized carbons (Fsp3) is 0.647. The molecule has 0 radical (unpaired) electrons. The summed E-state index contributed by atoms with van der Waals surface area (Å²) in [5, 5.41) is 3.45. The van der Waals surface area contributed by atoms with Crippen LogP contribution in [0, 0.1) is 0 Å². The van der Waals surface area contributed by atoms with Crippen LogP contribution in [-0.4, -0.2) is 25.5 Å². The van der Waals surface area contributed by atoms with Crippen LogP contribution in [0.5, 0.6) is 0 Å². The van der Waals surface area contributed by atoms with Gasteiger partial charge in [-0.3, -0.25) is 0 Å². The van der Waals surface area contributed by atoms with Crippen molar-refractivity contribution >= 4 is 11.8 Å². The molecule has 1 aliphatic rings. The van der Waals surface area contributed by atoms with E-state index in [2.05, 4.69) is 43.6 Å². The Morgan fingerprint density at radius 1 is 1.35 bits per heavy atom. The Kier molecular flexibility index (Phi) is 6.91. The first kappa shape index (κ1) is 15.9. The minimum atomic E-state index is 0.470. The maximum Gasteiger partial charge on any atom is 0.0576 e. The summed E-state index contributed by atoms with van der Waals surface area (Å²) in [7, 11) is 2.06. The lowest BCUT2D eigenvalue weighted by atomic mass is 9.99. The normalized spacial score (nSPS) is 20.2. The highest BCUT2D eigenvalue weighted by Crippen LogP contribution is 2.25. The van der Waals surface area contributed by atoms with Crippen LogP contribution in [0.2, 0.25) is 0 Å². The van der Waals surface area contributed by atoms with Gasteiger partial charge in [-0.05, 0) is 62.6 Å². The third-order valence-electron chi connectivity index (χ3n) is 3.98. The molecule has 2 unspecified atom stereocenters. The number of hydrogen-bond donors (Lipinski definition) is 1. The highest BCUT2D eigenvalue weighted by molar-refractivity contribution is 7.99. The van der Waals surface area contributed by atoms with Gasteiger partial charge in [0.15, 0.2) is 0 Å². The molecular formula is C17H27NOS. The Hall–Kier alpha value is -0.510. The first-order valence-electron chi connectivity index (χ1n) is 7.85. The van der Waals surface area contributed by atoms with E-state index in [1.54, 1.807) is 0 Å². The molecule has 2 atom stereocenters. The molecule has 2 rings (SSSR count). The van der Waals surface area contributed by atoms with Gasteiger partial charge in [0.05, 0.1) is 6.10 Å². The average Bonchev–Trinajstić information content (AvgIpc) is 2.98. The molecule has 1 aromatic rings. The SMILES string of the molecule is CCSc1ccc(C(CCCC2CCCO2)NC)cc1. The second kappa shape index (κ2) is 8.71. The molecule has 112 valence electrons. The van der Waals surface area contributed by atoms with Gasteiger partial charge in [0.2, 0.25) is 0 Å². The van der Waals surface area contributed by atoms with Crippen molar-refractivity contribution in [1.29, 1.82) is 0 Å². The van der Waals surface area contributed by atoms with Gasteiger partial charge in [0.25, 0.3) is 0 Å². The Balaban J connectivity index is 1.80. The number of nitrogens with one attached hydrogen (secondary N) is 1. The van der Waals surface area contributed by atoms with Crippen molar-refractivity contribution in [1.82, 2.24) is 5.32 Å². The molecule has 1 heterocycles. The summed E-state index contributed by atoms with van der Waals surface area (Å²) in [5.41, 5.74) is 1.40. The van der Waals surface area contributed by atoms with Crippen molar-refractivity contribution in [2.75, 3.05) is 19.4 Å². The third-order valence-corrected chi connectivity index (χ3v) is 4.88. The summed E-state index contributed by atoms with van der Waals surface area (Å²) in [4.78, 5) is 1.37. The highest BCUT2D eigenvalue weighted by atomic mass is 32.2. The predicted molar refractivity (Wildman–Crippen MR) is 87.5 cm³/mol. The maximum absolute atomic E-state index is 5.69. The number of ether oxygens (including phenoxy) is 1. The van der Waals surface area contributed by atoms with Crippen LogP contribution in [0.25, 0.3) is 0 Å². The molecule has 1 N–H and O–H groups in total. The van der Waals surface area contributed by atoms with E-state index in [1.165, 1.54) is 42.6 Å². The van der Waals surface area contributed by atoms with Crippen LogP contribution >= 0.6 is 11.8 Å². The van der Waals surface area contributed by atoms with Gasteiger partial charge in [-0.15, -0.1) is 11.8 Å². The van der Waals surface area contributed by atoms with Crippen molar-refractivity contribution in [2.45, 2.75) is 56.1 Å². The molecule has 1 aromatic carbocycles. The molecule has 20 heavy (non-hydrogen) atoms. The van der Waals surface area contributed by atoms with Gasteiger partial charge < -0.3 is 10.1 Å². The van der Waals surface area contributed by atoms with Crippen LogP contribution in [0.4, 0.5) is 0 Å². The smallest absolute Gasteiger partial charge is 0.0576 e. The molecule has 0 saturated carbocycles. The van der Waals surface area contributed by atoms with Crippen LogP contribution in [0.3, 0.4) is 0 Å². The van der Waals surface area contributed by atoms with Gasteiger partial charge in [-0.2, -0.15) is 0 Å². The van der Waals surface area contributed by atoms with Gasteiger partial charge in [-0.1, -0.05) is 19.1 Å². The van der Waals surface area contributed by atoms with E-state index in [9.17, 15) is 0 Å². The Bertz CT molecular complexity index is 373. The second-order valence-corrected chi connectivity index (χ2v) is 6.75. The zero-order chi connectivity index (χ0) is 14.2. The monoisotopic (exact) mass is 293 g/mol. The Morgan fingerprint density at radius 2 is 2.15 bits per heavy atom. The minimum absolute atomic E-state index is 0.470. The van der Waals surface area contributed by atoms with Crippen LogP contribution in [-0.2, 0) is 4.74 Å². The molecule has 0 amide bonds. The average molecular weight is 293 g/mol. The van der Waals surface area contributed by atoms with E-state index in [4.69, 9.17) is 4.74 Å². The number of thioether (sulfide) groups is 1. The van der Waals surface area contributed by atoms with E-state index >= 15 is 0 Å². The van der Waals surface area contributed by atoms with E-state index in [0.29, 0.717) is 12.1 Å². The lowest BCUT2D eigenvalue weighted by molar-refractivity contribution is 0.101. The van der Waals surface area contributed by atoms with Crippen molar-refractivity contribution < 1.29 is 4.74 Å². The lowest BCUT2D eigenvalue weighted by Crippen LogP contribution is -2.17. The zero-order valence-electron chi connectivity index (χ0n) is 12.7. The van der Waals surface area contributed by atoms with Crippen molar-refractivity contribution in [2.24, 2.45) is 0 Å². The van der Waals surface area contributed by atoms with Crippen LogP contribution in [0.1, 0.15) is 50.6 Å². The number of rotatable bonds is 8. The molecule has 0 aromatic heterocycles. The quantitative estimate of drug-likeness (QED) is 0.717. The Labute approximate surface area is 127 Å². The van der Waals surface area contributed by atoms with Crippen molar-refractivity contribution in [3.05, 3.63) is 29.8 Å². The van der Waals surface area contributed by atoms with Crippen LogP contribution in [0.15, 0.2) is 29.2 Å². The fourth-order valence-corrected chi connectivity index (χ4v) is 3.52. The van der Waals surface area contributed by atoms with Crippen molar-refractivity contribution in [3.8, 4) is 0 Å². The first-order chi connectivity index (χ1) is 9.83. The summed E-state index contributed by atoms with van der Waals surface area (Å²) in [6.45, 7) is 3.16. The zero-order valence-corrected chi connectivity index (χ0v) is 13.5. The molecule has 1 fully saturated rings. The van der Waals surface area contributed by atoms with Gasteiger partial charge in [0.1, 0.15) is 0 Å². The lowest BCUT2D eigenvalue weighted by Gasteiger charge is -2.18. The largest absolute Gasteiger partial charge is 0.378 e. The summed E-state index contributed by atoms with van der Waals surface area (Å²) in [6.07, 6.45) is 6.67. The van der Waals surface area contributed by atoms with Gasteiger partial charge in [-0.25, -0.2) is 0 Å². The minimum Gasteiger partial charge on any atom is -0.378 e. The molecular weight excluding hydrogens is 266 g/mol. The van der Waals surface area contributed by atoms with Crippen molar-refractivity contribution in [3.63, 3.8) is 0 Å². The summed E-state index contributed by atoms with van der Waals surface area (Å²) in [6, 6.07) is 9.50. The number of hydrogen-bond acceptors (Lipinski definition) is 3. The van der Waals surface area contributed by atoms with E-state index in [1.807, 2.05) is 11.8 Å². The first-order valence-corrected chi connectivity index (χ1v) is 8.83. The fourth-order valence-electron chi connectivity index (χ4n) is 2.86. The third kappa shape index (κ3) is 4.80.